The maximum absolute atomic E-state index is 6.15. The topological polar surface area (TPSA) is 38.0 Å². The van der Waals surface area contributed by atoms with Crippen LogP contribution in [0.3, 0.4) is 0 Å². The fourth-order valence-electron chi connectivity index (χ4n) is 2.49. The predicted molar refractivity (Wildman–Crippen MR) is 92.6 cm³/mol. The third kappa shape index (κ3) is 3.26. The Morgan fingerprint density at radius 2 is 1.67 bits per heavy atom. The molecule has 108 valence electrons. The third-order valence-corrected chi connectivity index (χ3v) is 4.92. The Kier molecular flexibility index (Phi) is 4.23. The van der Waals surface area contributed by atoms with Gasteiger partial charge in [0.2, 0.25) is 0 Å². The molecule has 0 aliphatic carbocycles. The molecule has 21 heavy (non-hydrogen) atoms. The van der Waals surface area contributed by atoms with Crippen molar-refractivity contribution in [3.05, 3.63) is 63.8 Å². The number of nitrogen functional groups attached to an aromatic ring is 1. The molecule has 0 spiro atoms. The van der Waals surface area contributed by atoms with Gasteiger partial charge < -0.3 is 11.1 Å². The molecule has 3 rings (SSSR count). The lowest BCUT2D eigenvalue weighted by Gasteiger charge is -2.09. The zero-order valence-electron chi connectivity index (χ0n) is 12.2. The molecule has 3 heteroatoms. The number of aryl methyl sites for hydroxylation is 1. The molecule has 0 saturated carbocycles. The molecule has 2 nitrogen and oxygen atoms in total. The predicted octanol–water partition coefficient (Wildman–Crippen LogP) is 4.34. The van der Waals surface area contributed by atoms with Gasteiger partial charge in [0.15, 0.2) is 0 Å². The van der Waals surface area contributed by atoms with E-state index in [9.17, 15) is 0 Å². The molecule has 2 aromatic carbocycles. The monoisotopic (exact) mass is 296 g/mol. The summed E-state index contributed by atoms with van der Waals surface area (Å²) in [7, 11) is 0. The van der Waals surface area contributed by atoms with E-state index in [1.165, 1.54) is 26.1 Å². The molecule has 0 amide bonds. The molecule has 0 radical (unpaired) electrons. The minimum atomic E-state index is 0.802. The number of hydrogen-bond acceptors (Lipinski definition) is 3. The minimum Gasteiger partial charge on any atom is -0.398 e. The molecule has 0 aliphatic rings. The van der Waals surface area contributed by atoms with Gasteiger partial charge in [0.1, 0.15) is 0 Å². The van der Waals surface area contributed by atoms with E-state index in [1.54, 1.807) is 0 Å². The van der Waals surface area contributed by atoms with E-state index in [4.69, 9.17) is 5.73 Å². The highest BCUT2D eigenvalue weighted by Crippen LogP contribution is 2.22. The Hall–Kier alpha value is -1.84. The van der Waals surface area contributed by atoms with Crippen molar-refractivity contribution in [2.75, 3.05) is 5.73 Å². The SMILES string of the molecule is CCc1ccc(CNCc2cc3ccccc3cc2N)s1. The molecule has 0 aliphatic heterocycles. The van der Waals surface area contributed by atoms with E-state index in [1.807, 2.05) is 17.4 Å². The Morgan fingerprint density at radius 3 is 2.38 bits per heavy atom. The van der Waals surface area contributed by atoms with Gasteiger partial charge in [-0.2, -0.15) is 0 Å². The summed E-state index contributed by atoms with van der Waals surface area (Å²) < 4.78 is 0. The number of rotatable bonds is 5. The van der Waals surface area contributed by atoms with Gasteiger partial charge in [0, 0.05) is 28.5 Å². The summed E-state index contributed by atoms with van der Waals surface area (Å²) in [6.07, 6.45) is 1.11. The number of nitrogens with two attached hydrogens (primary N) is 1. The van der Waals surface area contributed by atoms with Crippen molar-refractivity contribution < 1.29 is 0 Å². The molecule has 0 bridgehead atoms. The second-order valence-corrected chi connectivity index (χ2v) is 6.48. The highest BCUT2D eigenvalue weighted by atomic mass is 32.1. The summed E-state index contributed by atoms with van der Waals surface area (Å²) in [5.41, 5.74) is 8.18. The first kappa shape index (κ1) is 14.1. The lowest BCUT2D eigenvalue weighted by molar-refractivity contribution is 0.703. The quantitative estimate of drug-likeness (QED) is 0.687. The highest BCUT2D eigenvalue weighted by molar-refractivity contribution is 7.11. The van der Waals surface area contributed by atoms with Crippen LogP contribution in [0, 0.1) is 0 Å². The molecular formula is C18H20N2S. The number of fused-ring (bicyclic) bond motifs is 1. The van der Waals surface area contributed by atoms with Crippen LogP contribution in [0.25, 0.3) is 10.8 Å². The van der Waals surface area contributed by atoms with E-state index in [-0.39, 0.29) is 0 Å². The molecule has 0 atom stereocenters. The van der Waals surface area contributed by atoms with Crippen molar-refractivity contribution in [1.82, 2.24) is 5.32 Å². The number of anilines is 1. The molecule has 3 N–H and O–H groups in total. The van der Waals surface area contributed by atoms with Crippen LogP contribution in [0.5, 0.6) is 0 Å². The van der Waals surface area contributed by atoms with Crippen LogP contribution >= 0.6 is 11.3 Å². The summed E-state index contributed by atoms with van der Waals surface area (Å²) in [5, 5.41) is 5.93. The molecule has 3 aromatic rings. The Bertz CT molecular complexity index is 746. The first-order chi connectivity index (χ1) is 10.3. The fourth-order valence-corrected chi connectivity index (χ4v) is 3.41. The van der Waals surface area contributed by atoms with Gasteiger partial charge in [0.05, 0.1) is 0 Å². The zero-order valence-corrected chi connectivity index (χ0v) is 13.0. The van der Waals surface area contributed by atoms with Gasteiger partial charge in [-0.3, -0.25) is 0 Å². The van der Waals surface area contributed by atoms with Gasteiger partial charge in [-0.15, -0.1) is 11.3 Å². The van der Waals surface area contributed by atoms with Crippen LogP contribution in [-0.2, 0) is 19.5 Å². The van der Waals surface area contributed by atoms with Gasteiger partial charge in [-0.1, -0.05) is 31.2 Å². The first-order valence-electron chi connectivity index (χ1n) is 7.31. The summed E-state index contributed by atoms with van der Waals surface area (Å²) in [6, 6.07) is 17.0. The average molecular weight is 296 g/mol. The molecule has 1 aromatic heterocycles. The van der Waals surface area contributed by atoms with Crippen molar-refractivity contribution in [3.8, 4) is 0 Å². The van der Waals surface area contributed by atoms with Crippen LogP contribution < -0.4 is 11.1 Å². The number of benzene rings is 2. The number of thiophene rings is 1. The van der Waals surface area contributed by atoms with Crippen LogP contribution in [-0.4, -0.2) is 0 Å². The lowest BCUT2D eigenvalue weighted by Crippen LogP contribution is -2.13. The van der Waals surface area contributed by atoms with Gasteiger partial charge >= 0.3 is 0 Å². The summed E-state index contributed by atoms with van der Waals surface area (Å²) in [4.78, 5) is 2.82. The van der Waals surface area contributed by atoms with Crippen molar-refractivity contribution in [1.29, 1.82) is 0 Å². The van der Waals surface area contributed by atoms with Crippen molar-refractivity contribution >= 4 is 27.8 Å². The second-order valence-electron chi connectivity index (χ2n) is 5.22. The van der Waals surface area contributed by atoms with Crippen molar-refractivity contribution in [3.63, 3.8) is 0 Å². The van der Waals surface area contributed by atoms with Gasteiger partial charge in [-0.05, 0) is 47.0 Å². The standard InChI is InChI=1S/C18H20N2S/c1-2-16-7-8-17(21-16)12-20-11-15-9-13-5-3-4-6-14(13)10-18(15)19/h3-10,20H,2,11-12,19H2,1H3. The van der Waals surface area contributed by atoms with E-state index >= 15 is 0 Å². The normalized spacial score (nSPS) is 11.1. The van der Waals surface area contributed by atoms with Crippen LogP contribution in [0.2, 0.25) is 0 Å². The summed E-state index contributed by atoms with van der Waals surface area (Å²) in [5.74, 6) is 0. The van der Waals surface area contributed by atoms with E-state index in [2.05, 4.69) is 54.7 Å². The smallest absolute Gasteiger partial charge is 0.0366 e. The first-order valence-corrected chi connectivity index (χ1v) is 8.13. The third-order valence-electron chi connectivity index (χ3n) is 3.69. The number of nitrogens with one attached hydrogen (secondary N) is 1. The van der Waals surface area contributed by atoms with E-state index < -0.39 is 0 Å². The molecule has 0 saturated heterocycles. The number of hydrogen-bond donors (Lipinski definition) is 2. The van der Waals surface area contributed by atoms with Crippen LogP contribution in [0.4, 0.5) is 5.69 Å². The second kappa shape index (κ2) is 6.29. The fraction of sp³-hybridized carbons (Fsp3) is 0.222. The maximum atomic E-state index is 6.15. The molecule has 0 fully saturated rings. The van der Waals surface area contributed by atoms with Gasteiger partial charge in [-0.25, -0.2) is 0 Å². The Morgan fingerprint density at radius 1 is 0.952 bits per heavy atom. The zero-order chi connectivity index (χ0) is 14.7. The van der Waals surface area contributed by atoms with Crippen LogP contribution in [0.1, 0.15) is 22.2 Å². The maximum Gasteiger partial charge on any atom is 0.0366 e. The van der Waals surface area contributed by atoms with Crippen LogP contribution in [0.15, 0.2) is 48.5 Å². The lowest BCUT2D eigenvalue weighted by atomic mass is 10.1. The Labute approximate surface area is 129 Å². The van der Waals surface area contributed by atoms with E-state index in [0.29, 0.717) is 0 Å². The van der Waals surface area contributed by atoms with Crippen molar-refractivity contribution in [2.24, 2.45) is 0 Å². The van der Waals surface area contributed by atoms with Gasteiger partial charge in [0.25, 0.3) is 0 Å². The van der Waals surface area contributed by atoms with E-state index in [0.717, 1.165) is 25.2 Å². The molecular weight excluding hydrogens is 276 g/mol. The Balaban J connectivity index is 1.68. The average Bonchev–Trinajstić information content (AvgIpc) is 2.96. The molecule has 0 unspecified atom stereocenters. The van der Waals surface area contributed by atoms with Crippen molar-refractivity contribution in [2.45, 2.75) is 26.4 Å². The highest BCUT2D eigenvalue weighted by Gasteiger charge is 2.03. The summed E-state index contributed by atoms with van der Waals surface area (Å²) in [6.45, 7) is 3.89. The largest absolute Gasteiger partial charge is 0.398 e. The summed E-state index contributed by atoms with van der Waals surface area (Å²) >= 11 is 1.88. The molecule has 1 heterocycles. The minimum absolute atomic E-state index is 0.802.